The molecule has 1 aliphatic carbocycles. The molecule has 0 aromatic carbocycles. The highest BCUT2D eigenvalue weighted by atomic mass is 16.2. The molecule has 0 aromatic heterocycles. The fourth-order valence-corrected chi connectivity index (χ4v) is 3.80. The van der Waals surface area contributed by atoms with Crippen molar-refractivity contribution >= 4 is 11.9 Å². The van der Waals surface area contributed by atoms with Gasteiger partial charge in [-0.3, -0.25) is 4.79 Å². The van der Waals surface area contributed by atoms with Crippen molar-refractivity contribution in [3.05, 3.63) is 0 Å². The van der Waals surface area contributed by atoms with E-state index < -0.39 is 0 Å². The van der Waals surface area contributed by atoms with E-state index in [9.17, 15) is 4.79 Å². The van der Waals surface area contributed by atoms with Crippen LogP contribution in [0, 0.1) is 5.92 Å². The number of aliphatic imine (C=N–C) groups is 1. The Morgan fingerprint density at radius 2 is 1.88 bits per heavy atom. The first-order chi connectivity index (χ1) is 11.7. The molecular formula is C19H36N4O. The van der Waals surface area contributed by atoms with Gasteiger partial charge in [0, 0.05) is 25.7 Å². The summed E-state index contributed by atoms with van der Waals surface area (Å²) in [5.74, 6) is 1.85. The van der Waals surface area contributed by atoms with Crippen molar-refractivity contribution in [1.29, 1.82) is 0 Å². The lowest BCUT2D eigenvalue weighted by Crippen LogP contribution is -2.43. The molecular weight excluding hydrogens is 300 g/mol. The van der Waals surface area contributed by atoms with Gasteiger partial charge >= 0.3 is 0 Å². The summed E-state index contributed by atoms with van der Waals surface area (Å²) in [7, 11) is 0. The highest BCUT2D eigenvalue weighted by molar-refractivity contribution is 5.85. The van der Waals surface area contributed by atoms with Crippen LogP contribution in [0.2, 0.25) is 0 Å². The standard InChI is InChI=1S/C19H36N4O/c1-3-20-19(21-15-18(24)23-13-7-8-14-23)22-16(2)11-12-17-9-5-4-6-10-17/h16-17H,3-15H2,1-2H3,(H2,20,21,22). The molecule has 1 unspecified atom stereocenters. The minimum absolute atomic E-state index is 0.152. The maximum absolute atomic E-state index is 12.1. The third-order valence-corrected chi connectivity index (χ3v) is 5.29. The molecule has 1 amide bonds. The van der Waals surface area contributed by atoms with Crippen LogP contribution in [-0.2, 0) is 4.79 Å². The lowest BCUT2D eigenvalue weighted by Gasteiger charge is -2.24. The van der Waals surface area contributed by atoms with E-state index in [-0.39, 0.29) is 12.5 Å². The largest absolute Gasteiger partial charge is 0.357 e. The van der Waals surface area contributed by atoms with Crippen molar-refractivity contribution < 1.29 is 4.79 Å². The molecule has 24 heavy (non-hydrogen) atoms. The molecule has 5 heteroatoms. The zero-order valence-electron chi connectivity index (χ0n) is 15.6. The van der Waals surface area contributed by atoms with Gasteiger partial charge in [0.05, 0.1) is 0 Å². The van der Waals surface area contributed by atoms with E-state index in [1.807, 2.05) is 4.90 Å². The van der Waals surface area contributed by atoms with Crippen LogP contribution in [0.3, 0.4) is 0 Å². The van der Waals surface area contributed by atoms with Crippen LogP contribution in [0.15, 0.2) is 4.99 Å². The number of likely N-dealkylation sites (tertiary alicyclic amines) is 1. The Balaban J connectivity index is 1.73. The third kappa shape index (κ3) is 6.70. The Morgan fingerprint density at radius 3 is 2.54 bits per heavy atom. The molecule has 0 radical (unpaired) electrons. The second-order valence-corrected chi connectivity index (χ2v) is 7.41. The van der Waals surface area contributed by atoms with E-state index in [1.54, 1.807) is 0 Å². The van der Waals surface area contributed by atoms with Gasteiger partial charge in [0.1, 0.15) is 6.54 Å². The molecule has 2 aliphatic rings. The van der Waals surface area contributed by atoms with Crippen molar-refractivity contribution in [1.82, 2.24) is 15.5 Å². The van der Waals surface area contributed by atoms with Gasteiger partial charge in [-0.2, -0.15) is 0 Å². The fourth-order valence-electron chi connectivity index (χ4n) is 3.80. The molecule has 0 aromatic rings. The first-order valence-corrected chi connectivity index (χ1v) is 10.0. The minimum Gasteiger partial charge on any atom is -0.357 e. The first kappa shape index (κ1) is 19.1. The molecule has 0 bridgehead atoms. The average molecular weight is 337 g/mol. The monoisotopic (exact) mass is 336 g/mol. The van der Waals surface area contributed by atoms with Gasteiger partial charge in [0.2, 0.25) is 5.91 Å². The number of guanidine groups is 1. The van der Waals surface area contributed by atoms with E-state index in [1.165, 1.54) is 44.9 Å². The number of carbonyl (C=O) groups excluding carboxylic acids is 1. The SMILES string of the molecule is CCNC(=NCC(=O)N1CCCC1)NC(C)CCC1CCCCC1. The Morgan fingerprint density at radius 1 is 1.17 bits per heavy atom. The second-order valence-electron chi connectivity index (χ2n) is 7.41. The third-order valence-electron chi connectivity index (χ3n) is 5.29. The minimum atomic E-state index is 0.152. The molecule has 2 N–H and O–H groups in total. The van der Waals surface area contributed by atoms with Crippen LogP contribution in [-0.4, -0.2) is 49.0 Å². The molecule has 2 rings (SSSR count). The van der Waals surface area contributed by atoms with Gasteiger partial charge in [0.25, 0.3) is 0 Å². The highest BCUT2D eigenvalue weighted by Gasteiger charge is 2.18. The maximum Gasteiger partial charge on any atom is 0.244 e. The van der Waals surface area contributed by atoms with Crippen LogP contribution in [0.1, 0.15) is 71.6 Å². The molecule has 1 saturated heterocycles. The lowest BCUT2D eigenvalue weighted by molar-refractivity contribution is -0.128. The van der Waals surface area contributed by atoms with Crippen LogP contribution in [0.5, 0.6) is 0 Å². The Bertz CT molecular complexity index is 398. The summed E-state index contributed by atoms with van der Waals surface area (Å²) in [5, 5.41) is 6.74. The van der Waals surface area contributed by atoms with Crippen molar-refractivity contribution in [3.63, 3.8) is 0 Å². The Labute approximate surface area is 147 Å². The molecule has 0 spiro atoms. The molecule has 2 fully saturated rings. The smallest absolute Gasteiger partial charge is 0.244 e. The first-order valence-electron chi connectivity index (χ1n) is 10.0. The molecule has 5 nitrogen and oxygen atoms in total. The Hall–Kier alpha value is -1.26. The number of rotatable bonds is 7. The lowest BCUT2D eigenvalue weighted by atomic mass is 9.85. The van der Waals surface area contributed by atoms with Crippen molar-refractivity contribution in [2.45, 2.75) is 77.7 Å². The van der Waals surface area contributed by atoms with Gasteiger partial charge in [0.15, 0.2) is 5.96 Å². The van der Waals surface area contributed by atoms with E-state index >= 15 is 0 Å². The molecule has 138 valence electrons. The quantitative estimate of drug-likeness (QED) is 0.555. The van der Waals surface area contributed by atoms with Crippen LogP contribution < -0.4 is 10.6 Å². The van der Waals surface area contributed by atoms with Crippen molar-refractivity contribution in [2.24, 2.45) is 10.9 Å². The van der Waals surface area contributed by atoms with Gasteiger partial charge < -0.3 is 15.5 Å². The van der Waals surface area contributed by atoms with Crippen LogP contribution >= 0.6 is 0 Å². The van der Waals surface area contributed by atoms with E-state index in [4.69, 9.17) is 0 Å². The number of nitrogens with one attached hydrogen (secondary N) is 2. The number of hydrogen-bond acceptors (Lipinski definition) is 2. The average Bonchev–Trinajstić information content (AvgIpc) is 3.13. The van der Waals surface area contributed by atoms with Crippen LogP contribution in [0.25, 0.3) is 0 Å². The number of hydrogen-bond donors (Lipinski definition) is 2. The number of amides is 1. The molecule has 1 atom stereocenters. The number of carbonyl (C=O) groups is 1. The van der Waals surface area contributed by atoms with Gasteiger partial charge in [-0.1, -0.05) is 32.1 Å². The summed E-state index contributed by atoms with van der Waals surface area (Å²) >= 11 is 0. The summed E-state index contributed by atoms with van der Waals surface area (Å²) in [6, 6.07) is 0.395. The van der Waals surface area contributed by atoms with Gasteiger partial charge in [-0.15, -0.1) is 0 Å². The fraction of sp³-hybridized carbons (Fsp3) is 0.895. The van der Waals surface area contributed by atoms with Gasteiger partial charge in [-0.05, 0) is 45.4 Å². The Kier molecular flexibility index (Phi) is 8.40. The zero-order valence-corrected chi connectivity index (χ0v) is 15.6. The summed E-state index contributed by atoms with van der Waals surface area (Å²) in [6.45, 7) is 7.15. The number of nitrogens with zero attached hydrogens (tertiary/aromatic N) is 2. The van der Waals surface area contributed by atoms with E-state index in [0.29, 0.717) is 6.04 Å². The predicted molar refractivity (Wildman–Crippen MR) is 100 cm³/mol. The summed E-state index contributed by atoms with van der Waals surface area (Å²) in [4.78, 5) is 18.6. The zero-order chi connectivity index (χ0) is 17.2. The van der Waals surface area contributed by atoms with Gasteiger partial charge in [-0.25, -0.2) is 4.99 Å². The molecule has 1 heterocycles. The summed E-state index contributed by atoms with van der Waals surface area (Å²) in [5.41, 5.74) is 0. The molecule has 1 aliphatic heterocycles. The normalized spacial score (nSPS) is 20.9. The summed E-state index contributed by atoms with van der Waals surface area (Å²) in [6.07, 6.45) is 11.8. The highest BCUT2D eigenvalue weighted by Crippen LogP contribution is 2.27. The van der Waals surface area contributed by atoms with Crippen LogP contribution in [0.4, 0.5) is 0 Å². The molecule has 1 saturated carbocycles. The summed E-state index contributed by atoms with van der Waals surface area (Å²) < 4.78 is 0. The van der Waals surface area contributed by atoms with Crippen molar-refractivity contribution in [3.8, 4) is 0 Å². The maximum atomic E-state index is 12.1. The topological polar surface area (TPSA) is 56.7 Å². The predicted octanol–water partition coefficient (Wildman–Crippen LogP) is 2.91. The second kappa shape index (κ2) is 10.6. The van der Waals surface area contributed by atoms with E-state index in [0.717, 1.165) is 44.4 Å². The van der Waals surface area contributed by atoms with Crippen molar-refractivity contribution in [2.75, 3.05) is 26.2 Å². The van der Waals surface area contributed by atoms with E-state index in [2.05, 4.69) is 29.5 Å².